The molecule has 0 spiro atoms. The summed E-state index contributed by atoms with van der Waals surface area (Å²) in [6.07, 6.45) is 4.40. The van der Waals surface area contributed by atoms with Crippen LogP contribution in [0, 0.1) is 5.92 Å². The first-order valence-corrected chi connectivity index (χ1v) is 7.23. The Balaban J connectivity index is 2.55. The Kier molecular flexibility index (Phi) is 6.57. The largest absolute Gasteiger partial charge is 0.325 e. The second-order valence-corrected chi connectivity index (χ2v) is 5.20. The summed E-state index contributed by atoms with van der Waals surface area (Å²) in [4.78, 5) is 11.9. The molecule has 1 rings (SSSR count). The Morgan fingerprint density at radius 1 is 1.26 bits per heavy atom. The summed E-state index contributed by atoms with van der Waals surface area (Å²) in [6, 6.07) is 7.60. The molecular formula is C16H26N2O. The van der Waals surface area contributed by atoms with Gasteiger partial charge in [0.1, 0.15) is 0 Å². The van der Waals surface area contributed by atoms with Crippen LogP contribution in [-0.4, -0.2) is 11.9 Å². The predicted molar refractivity (Wildman–Crippen MR) is 81.1 cm³/mol. The van der Waals surface area contributed by atoms with Gasteiger partial charge in [0.25, 0.3) is 0 Å². The van der Waals surface area contributed by atoms with Gasteiger partial charge in [-0.25, -0.2) is 0 Å². The fourth-order valence-electron chi connectivity index (χ4n) is 1.87. The van der Waals surface area contributed by atoms with Gasteiger partial charge >= 0.3 is 0 Å². The Morgan fingerprint density at radius 3 is 2.42 bits per heavy atom. The number of carbonyl (C=O) groups is 1. The first-order valence-electron chi connectivity index (χ1n) is 7.23. The van der Waals surface area contributed by atoms with Crippen molar-refractivity contribution in [3.8, 4) is 0 Å². The number of unbranched alkanes of at least 4 members (excludes halogenated alkanes) is 1. The smallest absolute Gasteiger partial charge is 0.241 e. The average Bonchev–Trinajstić information content (AvgIpc) is 2.44. The van der Waals surface area contributed by atoms with E-state index in [1.807, 2.05) is 26.0 Å². The Hall–Kier alpha value is -1.35. The first kappa shape index (κ1) is 15.7. The number of rotatable bonds is 7. The fraction of sp³-hybridized carbons (Fsp3) is 0.562. The van der Waals surface area contributed by atoms with Gasteiger partial charge in [-0.1, -0.05) is 45.7 Å². The molecule has 0 aliphatic rings. The number of nitrogens with one attached hydrogen (secondary N) is 1. The van der Waals surface area contributed by atoms with Crippen LogP contribution in [0.3, 0.4) is 0 Å². The lowest BCUT2D eigenvalue weighted by molar-refractivity contribution is -0.118. The number of nitrogens with two attached hydrogens (primary N) is 1. The van der Waals surface area contributed by atoms with Crippen molar-refractivity contribution in [1.82, 2.24) is 0 Å². The molecule has 0 radical (unpaired) electrons. The van der Waals surface area contributed by atoms with Crippen LogP contribution in [0.4, 0.5) is 5.69 Å². The van der Waals surface area contributed by atoms with E-state index >= 15 is 0 Å². The summed E-state index contributed by atoms with van der Waals surface area (Å²) in [5.41, 5.74) is 8.04. The third-order valence-corrected chi connectivity index (χ3v) is 3.60. The summed E-state index contributed by atoms with van der Waals surface area (Å²) in [5, 5.41) is 2.88. The van der Waals surface area contributed by atoms with E-state index in [2.05, 4.69) is 24.4 Å². The topological polar surface area (TPSA) is 55.1 Å². The highest BCUT2D eigenvalue weighted by atomic mass is 16.2. The lowest BCUT2D eigenvalue weighted by atomic mass is 9.99. The minimum Gasteiger partial charge on any atom is -0.325 e. The van der Waals surface area contributed by atoms with Crippen LogP contribution in [0.15, 0.2) is 24.3 Å². The standard InChI is InChI=1S/C16H26N2O/c1-4-6-7-13-8-10-14(11-9-13)18-16(19)15(17)12(3)5-2/h8-12,15H,4-7,17H2,1-3H3,(H,18,19)/t12?,15-/m0/s1. The molecule has 106 valence electrons. The molecule has 0 aromatic heterocycles. The van der Waals surface area contributed by atoms with Crippen molar-refractivity contribution in [2.45, 2.75) is 52.5 Å². The molecule has 0 fully saturated rings. The quantitative estimate of drug-likeness (QED) is 0.792. The molecule has 19 heavy (non-hydrogen) atoms. The number of anilines is 1. The van der Waals surface area contributed by atoms with E-state index in [-0.39, 0.29) is 11.8 Å². The zero-order valence-electron chi connectivity index (χ0n) is 12.3. The minimum atomic E-state index is -0.440. The molecule has 1 amide bonds. The third kappa shape index (κ3) is 5.03. The summed E-state index contributed by atoms with van der Waals surface area (Å²) in [7, 11) is 0. The first-order chi connectivity index (χ1) is 9.08. The molecular weight excluding hydrogens is 236 g/mol. The molecule has 3 nitrogen and oxygen atoms in total. The molecule has 0 saturated carbocycles. The molecule has 0 aliphatic heterocycles. The van der Waals surface area contributed by atoms with E-state index in [0.29, 0.717) is 0 Å². The van der Waals surface area contributed by atoms with Crippen molar-refractivity contribution in [3.05, 3.63) is 29.8 Å². The van der Waals surface area contributed by atoms with Crippen LogP contribution >= 0.6 is 0 Å². The molecule has 0 saturated heterocycles. The van der Waals surface area contributed by atoms with Crippen LogP contribution in [-0.2, 0) is 11.2 Å². The summed E-state index contributed by atoms with van der Waals surface area (Å²) in [6.45, 7) is 6.23. The van der Waals surface area contributed by atoms with Gasteiger partial charge in [0.15, 0.2) is 0 Å². The molecule has 0 bridgehead atoms. The molecule has 1 aromatic rings. The lowest BCUT2D eigenvalue weighted by Crippen LogP contribution is -2.40. The van der Waals surface area contributed by atoms with E-state index < -0.39 is 6.04 Å². The third-order valence-electron chi connectivity index (χ3n) is 3.60. The normalized spacial score (nSPS) is 13.9. The van der Waals surface area contributed by atoms with Crippen molar-refractivity contribution < 1.29 is 4.79 Å². The molecule has 3 N–H and O–H groups in total. The van der Waals surface area contributed by atoms with Gasteiger partial charge in [-0.05, 0) is 36.5 Å². The van der Waals surface area contributed by atoms with Crippen molar-refractivity contribution in [1.29, 1.82) is 0 Å². The SMILES string of the molecule is CCCCc1ccc(NC(=O)[C@@H](N)C(C)CC)cc1. The van der Waals surface area contributed by atoms with E-state index in [1.165, 1.54) is 18.4 Å². The number of hydrogen-bond donors (Lipinski definition) is 2. The zero-order valence-corrected chi connectivity index (χ0v) is 12.3. The van der Waals surface area contributed by atoms with Gasteiger partial charge in [0.05, 0.1) is 6.04 Å². The fourth-order valence-corrected chi connectivity index (χ4v) is 1.87. The molecule has 0 aliphatic carbocycles. The van der Waals surface area contributed by atoms with Gasteiger partial charge in [0, 0.05) is 5.69 Å². The maximum Gasteiger partial charge on any atom is 0.241 e. The summed E-state index contributed by atoms with van der Waals surface area (Å²) < 4.78 is 0. The van der Waals surface area contributed by atoms with Gasteiger partial charge in [0.2, 0.25) is 5.91 Å². The maximum atomic E-state index is 11.9. The predicted octanol–water partition coefficient (Wildman–Crippen LogP) is 3.34. The highest BCUT2D eigenvalue weighted by Crippen LogP contribution is 2.13. The Labute approximate surface area is 116 Å². The molecule has 2 atom stereocenters. The van der Waals surface area contributed by atoms with E-state index in [4.69, 9.17) is 5.73 Å². The van der Waals surface area contributed by atoms with Crippen LogP contribution in [0.25, 0.3) is 0 Å². The second kappa shape index (κ2) is 7.95. The molecule has 3 heteroatoms. The number of hydrogen-bond acceptors (Lipinski definition) is 2. The van der Waals surface area contributed by atoms with Crippen LogP contribution in [0.1, 0.15) is 45.6 Å². The van der Waals surface area contributed by atoms with Crippen molar-refractivity contribution in [2.75, 3.05) is 5.32 Å². The van der Waals surface area contributed by atoms with Crippen molar-refractivity contribution in [2.24, 2.45) is 11.7 Å². The lowest BCUT2D eigenvalue weighted by Gasteiger charge is -2.17. The van der Waals surface area contributed by atoms with Crippen LogP contribution in [0.2, 0.25) is 0 Å². The van der Waals surface area contributed by atoms with Gasteiger partial charge in [-0.2, -0.15) is 0 Å². The summed E-state index contributed by atoms with van der Waals surface area (Å²) >= 11 is 0. The number of amides is 1. The monoisotopic (exact) mass is 262 g/mol. The number of carbonyl (C=O) groups excluding carboxylic acids is 1. The maximum absolute atomic E-state index is 11.9. The number of aryl methyl sites for hydroxylation is 1. The van der Waals surface area contributed by atoms with Gasteiger partial charge < -0.3 is 11.1 Å². The highest BCUT2D eigenvalue weighted by molar-refractivity contribution is 5.94. The molecule has 1 aromatic carbocycles. The molecule has 0 heterocycles. The van der Waals surface area contributed by atoms with E-state index in [9.17, 15) is 4.79 Å². The average molecular weight is 262 g/mol. The van der Waals surface area contributed by atoms with E-state index in [0.717, 1.165) is 18.5 Å². The Morgan fingerprint density at radius 2 is 1.89 bits per heavy atom. The number of benzene rings is 1. The minimum absolute atomic E-state index is 0.101. The molecule has 1 unspecified atom stereocenters. The summed E-state index contributed by atoms with van der Waals surface area (Å²) in [5.74, 6) is 0.0967. The van der Waals surface area contributed by atoms with E-state index in [1.54, 1.807) is 0 Å². The van der Waals surface area contributed by atoms with Crippen LogP contribution in [0.5, 0.6) is 0 Å². The second-order valence-electron chi connectivity index (χ2n) is 5.20. The van der Waals surface area contributed by atoms with Crippen molar-refractivity contribution >= 4 is 11.6 Å². The Bertz CT molecular complexity index is 386. The van der Waals surface area contributed by atoms with Gasteiger partial charge in [-0.3, -0.25) is 4.79 Å². The van der Waals surface area contributed by atoms with Crippen LogP contribution < -0.4 is 11.1 Å². The van der Waals surface area contributed by atoms with Crippen molar-refractivity contribution in [3.63, 3.8) is 0 Å². The highest BCUT2D eigenvalue weighted by Gasteiger charge is 2.19. The zero-order chi connectivity index (χ0) is 14.3. The van der Waals surface area contributed by atoms with Gasteiger partial charge in [-0.15, -0.1) is 0 Å².